The van der Waals surface area contributed by atoms with Crippen LogP contribution in [0.3, 0.4) is 0 Å². The van der Waals surface area contributed by atoms with E-state index < -0.39 is 0 Å². The third kappa shape index (κ3) is 12.3. The first-order chi connectivity index (χ1) is 23.5. The molecule has 2 atom stereocenters. The predicted molar refractivity (Wildman–Crippen MR) is 188 cm³/mol. The van der Waals surface area contributed by atoms with Gasteiger partial charge in [-0.2, -0.15) is 37.1 Å². The van der Waals surface area contributed by atoms with Crippen LogP contribution in [-0.4, -0.2) is 109 Å². The zero-order chi connectivity index (χ0) is 36.1. The minimum absolute atomic E-state index is 0. The molecule has 17 heteroatoms. The second-order valence-corrected chi connectivity index (χ2v) is 11.6. The van der Waals surface area contributed by atoms with Crippen LogP contribution < -0.4 is 45.7 Å². The minimum Gasteiger partial charge on any atom is -0.857 e. The SMILES string of the molecule is CC(=O)CC(C)N(CCN)C(=O)c1cc(C)ccc1-n1nccn1.C[O-].Cc1ccc(-n2nccn2)c(C(=O)N2CCNC(=O)CC2C)c1.Cl.[Na+]. The predicted octanol–water partition coefficient (Wildman–Crippen LogP) is -1.33. The maximum atomic E-state index is 13.1. The Morgan fingerprint density at radius 1 is 0.941 bits per heavy atom. The van der Waals surface area contributed by atoms with Gasteiger partial charge >= 0.3 is 29.6 Å². The van der Waals surface area contributed by atoms with Gasteiger partial charge < -0.3 is 26.0 Å². The summed E-state index contributed by atoms with van der Waals surface area (Å²) in [5.74, 6) is -0.267. The van der Waals surface area contributed by atoms with E-state index in [9.17, 15) is 19.2 Å². The summed E-state index contributed by atoms with van der Waals surface area (Å²) in [5, 5.41) is 27.5. The fourth-order valence-electron chi connectivity index (χ4n) is 5.46. The summed E-state index contributed by atoms with van der Waals surface area (Å²) < 4.78 is 0. The van der Waals surface area contributed by atoms with Gasteiger partial charge in [-0.05, 0) is 58.9 Å². The summed E-state index contributed by atoms with van der Waals surface area (Å²) in [7, 11) is 0.750. The van der Waals surface area contributed by atoms with Crippen molar-refractivity contribution in [1.29, 1.82) is 0 Å². The number of amides is 3. The van der Waals surface area contributed by atoms with Crippen molar-refractivity contribution in [2.75, 3.05) is 33.3 Å². The van der Waals surface area contributed by atoms with Crippen LogP contribution in [0.1, 0.15) is 65.5 Å². The first-order valence-electron chi connectivity index (χ1n) is 15.9. The molecule has 51 heavy (non-hydrogen) atoms. The normalized spacial score (nSPS) is 14.1. The van der Waals surface area contributed by atoms with Gasteiger partial charge in [-0.15, -0.1) is 12.4 Å². The van der Waals surface area contributed by atoms with Crippen molar-refractivity contribution in [3.8, 4) is 11.4 Å². The first-order valence-corrected chi connectivity index (χ1v) is 15.9. The van der Waals surface area contributed by atoms with E-state index >= 15 is 0 Å². The van der Waals surface area contributed by atoms with E-state index in [-0.39, 0.29) is 77.6 Å². The Bertz CT molecular complexity index is 1710. The molecule has 1 aliphatic rings. The van der Waals surface area contributed by atoms with E-state index in [0.29, 0.717) is 61.5 Å². The number of ketones is 1. The molecule has 2 aromatic carbocycles. The van der Waals surface area contributed by atoms with Gasteiger partial charge in [0.1, 0.15) is 5.78 Å². The van der Waals surface area contributed by atoms with E-state index in [0.717, 1.165) is 18.2 Å². The number of nitrogens with one attached hydrogen (secondary N) is 1. The quantitative estimate of drug-likeness (QED) is 0.195. The van der Waals surface area contributed by atoms with Crippen molar-refractivity contribution in [1.82, 2.24) is 45.1 Å². The molecule has 4 aromatic rings. The number of carbonyl (C=O) groups is 4. The smallest absolute Gasteiger partial charge is 0.857 e. The van der Waals surface area contributed by atoms with Gasteiger partial charge in [-0.3, -0.25) is 19.2 Å². The van der Waals surface area contributed by atoms with E-state index in [4.69, 9.17) is 10.8 Å². The van der Waals surface area contributed by atoms with E-state index in [1.165, 1.54) is 16.5 Å². The topological polar surface area (TPSA) is 197 Å². The van der Waals surface area contributed by atoms with Crippen molar-refractivity contribution in [2.24, 2.45) is 5.73 Å². The van der Waals surface area contributed by atoms with Crippen LogP contribution in [0.15, 0.2) is 61.2 Å². The zero-order valence-electron chi connectivity index (χ0n) is 30.3. The average Bonchev–Trinajstić information content (AvgIpc) is 3.79. The monoisotopic (exact) mass is 732 g/mol. The van der Waals surface area contributed by atoms with Gasteiger partial charge in [0.25, 0.3) is 11.8 Å². The molecule has 1 fully saturated rings. The Morgan fingerprint density at radius 3 is 1.92 bits per heavy atom. The maximum Gasteiger partial charge on any atom is 1.00 e. The van der Waals surface area contributed by atoms with Crippen LogP contribution in [0.2, 0.25) is 0 Å². The van der Waals surface area contributed by atoms with Gasteiger partial charge in [0.15, 0.2) is 0 Å². The molecule has 3 heterocycles. The van der Waals surface area contributed by atoms with Crippen molar-refractivity contribution in [3.63, 3.8) is 0 Å². The van der Waals surface area contributed by atoms with Crippen LogP contribution in [0.25, 0.3) is 11.4 Å². The minimum atomic E-state index is -0.225. The van der Waals surface area contributed by atoms with Crippen LogP contribution >= 0.6 is 12.4 Å². The van der Waals surface area contributed by atoms with Crippen LogP contribution in [0.5, 0.6) is 0 Å². The van der Waals surface area contributed by atoms with Gasteiger partial charge in [-0.1, -0.05) is 23.3 Å². The largest absolute Gasteiger partial charge is 1.00 e. The first kappa shape index (κ1) is 45.0. The number of carbonyl (C=O) groups excluding carboxylic acids is 4. The number of benzene rings is 2. The van der Waals surface area contributed by atoms with Crippen molar-refractivity contribution in [3.05, 3.63) is 83.4 Å². The summed E-state index contributed by atoms with van der Waals surface area (Å²) in [4.78, 5) is 55.5. The summed E-state index contributed by atoms with van der Waals surface area (Å²) in [5.41, 5.74) is 9.90. The molecule has 270 valence electrons. The van der Waals surface area contributed by atoms with Gasteiger partial charge in [0.2, 0.25) is 5.91 Å². The molecule has 5 rings (SSSR count). The molecule has 3 amide bonds. The Morgan fingerprint density at radius 2 is 1.43 bits per heavy atom. The number of aromatic nitrogens is 6. The molecule has 1 saturated heterocycles. The van der Waals surface area contributed by atoms with Gasteiger partial charge in [-0.25, -0.2) is 0 Å². The van der Waals surface area contributed by atoms with Crippen LogP contribution in [0, 0.1) is 13.8 Å². The molecule has 3 N–H and O–H groups in total. The van der Waals surface area contributed by atoms with Gasteiger partial charge in [0.05, 0.1) is 47.3 Å². The molecule has 2 aromatic heterocycles. The number of nitrogens with two attached hydrogens (primary N) is 1. The summed E-state index contributed by atoms with van der Waals surface area (Å²) in [6.07, 6.45) is 6.88. The fourth-order valence-corrected chi connectivity index (χ4v) is 5.46. The second kappa shape index (κ2) is 22.1. The van der Waals surface area contributed by atoms with E-state index in [1.54, 1.807) is 34.6 Å². The van der Waals surface area contributed by atoms with Crippen molar-refractivity contribution in [2.45, 2.75) is 59.5 Å². The molecule has 15 nitrogen and oxygen atoms in total. The Labute approximate surface area is 326 Å². The van der Waals surface area contributed by atoms with Crippen LogP contribution in [-0.2, 0) is 9.59 Å². The average molecular weight is 733 g/mol. The fraction of sp³-hybridized carbons (Fsp3) is 0.412. The maximum absolute atomic E-state index is 13.1. The van der Waals surface area contributed by atoms with E-state index in [1.807, 2.05) is 64.1 Å². The number of halogens is 1. The standard InChI is InChI=1S/C17H23N5O2.C16H19N5O2.CH3O.ClH.Na/c1-12-4-5-16(22-19-7-8-20-22)15(10-12)17(24)21(9-6-18)13(2)11-14(3)23;1-11-3-4-14(21-18-5-6-19-21)13(9-11)16(23)20-8-7-17-15(22)10-12(20)2;1-2;;/h4-5,7-8,10,13H,6,9,11,18H2,1-3H3;3-6,9,12H,7-8,10H2,1-2H3,(H,17,22);1H3;1H;/q;;-1;;+1. The number of nitrogens with zero attached hydrogens (tertiary/aromatic N) is 8. The molecular formula is C34H46ClN10NaO5. The van der Waals surface area contributed by atoms with Gasteiger partial charge in [0, 0.05) is 51.1 Å². The van der Waals surface area contributed by atoms with Crippen LogP contribution in [0.4, 0.5) is 0 Å². The number of rotatable bonds is 9. The molecular weight excluding hydrogens is 687 g/mol. The number of Topliss-reactive ketones (excluding diaryl/α,β-unsaturated/α-hetero) is 1. The Balaban J connectivity index is 0.000000469. The third-order valence-corrected chi connectivity index (χ3v) is 7.73. The van der Waals surface area contributed by atoms with Crippen molar-refractivity contribution >= 4 is 35.9 Å². The molecule has 1 aliphatic heterocycles. The molecule has 0 spiro atoms. The summed E-state index contributed by atoms with van der Waals surface area (Å²) in [6.45, 7) is 10.8. The summed E-state index contributed by atoms with van der Waals surface area (Å²) >= 11 is 0. The Kier molecular flexibility index (Phi) is 19.5. The summed E-state index contributed by atoms with van der Waals surface area (Å²) in [6, 6.07) is 10.8. The van der Waals surface area contributed by atoms with Crippen molar-refractivity contribution < 1.29 is 53.8 Å². The molecule has 0 aliphatic carbocycles. The zero-order valence-corrected chi connectivity index (χ0v) is 33.1. The third-order valence-electron chi connectivity index (χ3n) is 7.73. The second-order valence-electron chi connectivity index (χ2n) is 11.6. The van der Waals surface area contributed by atoms with E-state index in [2.05, 4.69) is 25.7 Å². The molecule has 0 bridgehead atoms. The number of hydrogen-bond acceptors (Lipinski definition) is 10. The Hall–Kier alpha value is -3.99. The number of aryl methyl sites for hydroxylation is 2. The molecule has 0 radical (unpaired) electrons. The molecule has 2 unspecified atom stereocenters. The number of hydrogen-bond donors (Lipinski definition) is 2. The molecule has 0 saturated carbocycles.